The van der Waals surface area contributed by atoms with Gasteiger partial charge in [0.1, 0.15) is 4.90 Å². The van der Waals surface area contributed by atoms with E-state index in [-0.39, 0.29) is 11.4 Å². The highest BCUT2D eigenvalue weighted by molar-refractivity contribution is 7.89. The van der Waals surface area contributed by atoms with Gasteiger partial charge in [0.15, 0.2) is 0 Å². The third-order valence-corrected chi connectivity index (χ3v) is 5.02. The SMILES string of the molecule is C=Cc1nccc(-c2ccc(C(F)(F)F)c(S(N)(=O)=O)c2-c2nn[nH]n2)c1C=C. The number of aromatic amines is 1. The fourth-order valence-electron chi connectivity index (χ4n) is 2.92. The Morgan fingerprint density at radius 1 is 1.10 bits per heavy atom. The zero-order valence-corrected chi connectivity index (χ0v) is 15.4. The molecular weight excluding hydrogens is 409 g/mol. The number of H-pyrrole nitrogens is 1. The van der Waals surface area contributed by atoms with E-state index in [1.54, 1.807) is 0 Å². The largest absolute Gasteiger partial charge is 0.417 e. The van der Waals surface area contributed by atoms with Crippen molar-refractivity contribution in [1.82, 2.24) is 25.6 Å². The first-order valence-electron chi connectivity index (χ1n) is 7.84. The van der Waals surface area contributed by atoms with Crippen molar-refractivity contribution in [3.63, 3.8) is 0 Å². The number of nitrogens with two attached hydrogens (primary N) is 1. The van der Waals surface area contributed by atoms with E-state index in [9.17, 15) is 21.6 Å². The van der Waals surface area contributed by atoms with Crippen molar-refractivity contribution in [1.29, 1.82) is 0 Å². The number of nitrogens with one attached hydrogen (secondary N) is 1. The Bertz CT molecular complexity index is 1200. The van der Waals surface area contributed by atoms with E-state index in [0.717, 1.165) is 6.07 Å². The van der Waals surface area contributed by atoms with Crippen LogP contribution in [0.2, 0.25) is 0 Å². The number of aromatic nitrogens is 5. The van der Waals surface area contributed by atoms with Crippen LogP contribution in [0.3, 0.4) is 0 Å². The molecule has 0 spiro atoms. The molecule has 0 atom stereocenters. The van der Waals surface area contributed by atoms with E-state index < -0.39 is 32.2 Å². The molecule has 0 fully saturated rings. The van der Waals surface area contributed by atoms with Crippen molar-refractivity contribution in [2.24, 2.45) is 5.14 Å². The second-order valence-corrected chi connectivity index (χ2v) is 7.21. The van der Waals surface area contributed by atoms with Crippen LogP contribution in [-0.4, -0.2) is 34.0 Å². The van der Waals surface area contributed by atoms with Gasteiger partial charge in [-0.15, -0.1) is 10.2 Å². The van der Waals surface area contributed by atoms with Crippen LogP contribution in [0.4, 0.5) is 13.2 Å². The van der Waals surface area contributed by atoms with Gasteiger partial charge in [0.05, 0.1) is 16.8 Å². The van der Waals surface area contributed by atoms with E-state index in [1.807, 2.05) is 0 Å². The summed E-state index contributed by atoms with van der Waals surface area (Å²) in [5.74, 6) is -0.373. The van der Waals surface area contributed by atoms with Gasteiger partial charge in [-0.05, 0) is 34.5 Å². The number of primary sulfonamides is 1. The lowest BCUT2D eigenvalue weighted by Crippen LogP contribution is -2.21. The van der Waals surface area contributed by atoms with Crippen LogP contribution in [-0.2, 0) is 16.2 Å². The molecule has 0 unspecified atom stereocenters. The summed E-state index contributed by atoms with van der Waals surface area (Å²) in [4.78, 5) is 2.96. The molecule has 1 aromatic carbocycles. The number of rotatable bonds is 5. The van der Waals surface area contributed by atoms with Crippen molar-refractivity contribution in [2.75, 3.05) is 0 Å². The molecule has 0 amide bonds. The molecule has 0 aliphatic rings. The number of alkyl halides is 3. The average molecular weight is 422 g/mol. The summed E-state index contributed by atoms with van der Waals surface area (Å²) >= 11 is 0. The van der Waals surface area contributed by atoms with E-state index in [4.69, 9.17) is 5.14 Å². The predicted molar refractivity (Wildman–Crippen MR) is 99.4 cm³/mol. The Morgan fingerprint density at radius 2 is 1.83 bits per heavy atom. The maximum atomic E-state index is 13.6. The van der Waals surface area contributed by atoms with Crippen LogP contribution in [0.15, 0.2) is 42.4 Å². The number of sulfonamides is 1. The van der Waals surface area contributed by atoms with Gasteiger partial charge in [-0.3, -0.25) is 4.98 Å². The van der Waals surface area contributed by atoms with Gasteiger partial charge in [0, 0.05) is 11.8 Å². The van der Waals surface area contributed by atoms with Gasteiger partial charge in [-0.1, -0.05) is 25.3 Å². The molecule has 0 radical (unpaired) electrons. The van der Waals surface area contributed by atoms with Crippen molar-refractivity contribution in [2.45, 2.75) is 11.1 Å². The van der Waals surface area contributed by atoms with Gasteiger partial charge < -0.3 is 0 Å². The molecule has 3 N–H and O–H groups in total. The molecule has 0 saturated carbocycles. The molecule has 2 heterocycles. The lowest BCUT2D eigenvalue weighted by atomic mass is 9.93. The third kappa shape index (κ3) is 3.67. The van der Waals surface area contributed by atoms with E-state index in [0.29, 0.717) is 22.9 Å². The van der Waals surface area contributed by atoms with Crippen molar-refractivity contribution in [3.05, 3.63) is 54.4 Å². The average Bonchev–Trinajstić information content (AvgIpc) is 3.19. The van der Waals surface area contributed by atoms with Crippen molar-refractivity contribution >= 4 is 22.2 Å². The molecule has 0 saturated heterocycles. The fraction of sp³-hybridized carbons (Fsp3) is 0.0588. The maximum Gasteiger partial charge on any atom is 0.417 e. The first-order valence-corrected chi connectivity index (χ1v) is 9.39. The van der Waals surface area contributed by atoms with Gasteiger partial charge in [-0.25, -0.2) is 13.6 Å². The molecule has 0 bridgehead atoms. The van der Waals surface area contributed by atoms with E-state index >= 15 is 0 Å². The molecule has 12 heteroatoms. The van der Waals surface area contributed by atoms with Crippen LogP contribution in [0.25, 0.3) is 34.7 Å². The third-order valence-electron chi connectivity index (χ3n) is 4.03. The van der Waals surface area contributed by atoms with Crippen LogP contribution in [0.1, 0.15) is 16.8 Å². The zero-order valence-electron chi connectivity index (χ0n) is 14.6. The molecule has 150 valence electrons. The molecule has 0 aliphatic carbocycles. The highest BCUT2D eigenvalue weighted by Crippen LogP contribution is 2.43. The molecular formula is C17H13F3N6O2S. The summed E-state index contributed by atoms with van der Waals surface area (Å²) in [6.45, 7) is 7.32. The quantitative estimate of drug-likeness (QED) is 0.651. The van der Waals surface area contributed by atoms with Crippen LogP contribution >= 0.6 is 0 Å². The first kappa shape index (κ1) is 20.4. The summed E-state index contributed by atoms with van der Waals surface area (Å²) in [5.41, 5.74) is -0.657. The molecule has 3 aromatic rings. The Labute approximate surface area is 163 Å². The standard InChI is InChI=1S/C17H13F3N6O2S/c1-3-9-10(7-8-22-13(9)4-2)11-5-6-12(17(18,19)20)15(29(21,27)28)14(11)16-23-25-26-24-16/h3-8H,1-2H2,(H2,21,27,28)(H,23,24,25,26). The summed E-state index contributed by atoms with van der Waals surface area (Å²) in [5, 5.41) is 17.9. The molecule has 8 nitrogen and oxygen atoms in total. The topological polar surface area (TPSA) is 128 Å². The Balaban J connectivity index is 2.55. The highest BCUT2D eigenvalue weighted by Gasteiger charge is 2.40. The summed E-state index contributed by atoms with van der Waals surface area (Å²) < 4.78 is 65.2. The number of benzene rings is 1. The van der Waals surface area contributed by atoms with Crippen LogP contribution in [0, 0.1) is 0 Å². The Kier molecular flexibility index (Phi) is 5.07. The van der Waals surface area contributed by atoms with Crippen LogP contribution < -0.4 is 5.14 Å². The number of tetrazole rings is 1. The lowest BCUT2D eigenvalue weighted by molar-refractivity contribution is -0.139. The minimum atomic E-state index is -5.00. The number of nitrogens with zero attached hydrogens (tertiary/aromatic N) is 4. The summed E-state index contributed by atoms with van der Waals surface area (Å²) in [7, 11) is -4.84. The minimum Gasteiger partial charge on any atom is -0.256 e. The van der Waals surface area contributed by atoms with Crippen molar-refractivity contribution in [3.8, 4) is 22.5 Å². The maximum absolute atomic E-state index is 13.6. The highest BCUT2D eigenvalue weighted by atomic mass is 32.2. The van der Waals surface area contributed by atoms with E-state index in [2.05, 4.69) is 38.8 Å². The number of pyridine rings is 1. The smallest absolute Gasteiger partial charge is 0.256 e. The van der Waals surface area contributed by atoms with Crippen LogP contribution in [0.5, 0.6) is 0 Å². The van der Waals surface area contributed by atoms with Gasteiger partial charge in [-0.2, -0.15) is 18.4 Å². The number of hydrogen-bond donors (Lipinski definition) is 2. The zero-order chi connectivity index (χ0) is 21.4. The van der Waals surface area contributed by atoms with Gasteiger partial charge >= 0.3 is 6.18 Å². The van der Waals surface area contributed by atoms with Gasteiger partial charge in [0.2, 0.25) is 15.8 Å². The number of halogens is 3. The second kappa shape index (κ2) is 7.22. The Morgan fingerprint density at radius 3 is 2.34 bits per heavy atom. The lowest BCUT2D eigenvalue weighted by Gasteiger charge is -2.18. The minimum absolute atomic E-state index is 0.0730. The first-order chi connectivity index (χ1) is 13.6. The normalized spacial score (nSPS) is 12.0. The fourth-order valence-corrected chi connectivity index (χ4v) is 3.89. The van der Waals surface area contributed by atoms with Gasteiger partial charge in [0.25, 0.3) is 0 Å². The molecule has 29 heavy (non-hydrogen) atoms. The Hall–Kier alpha value is -3.38. The summed E-state index contributed by atoms with van der Waals surface area (Å²) in [6, 6.07) is 3.24. The number of hydrogen-bond acceptors (Lipinski definition) is 6. The molecule has 3 rings (SSSR count). The molecule has 0 aliphatic heterocycles. The van der Waals surface area contributed by atoms with Crippen molar-refractivity contribution < 1.29 is 21.6 Å². The summed E-state index contributed by atoms with van der Waals surface area (Å²) in [6.07, 6.45) is -0.745. The molecule has 2 aromatic heterocycles. The second-order valence-electron chi connectivity index (χ2n) is 5.71. The predicted octanol–water partition coefficient (Wildman–Crippen LogP) is 2.88. The monoisotopic (exact) mass is 422 g/mol. The van der Waals surface area contributed by atoms with E-state index in [1.165, 1.54) is 24.4 Å².